The minimum Gasteiger partial charge on any atom is -0.357 e. The van der Waals surface area contributed by atoms with Gasteiger partial charge in [0.05, 0.1) is 16.9 Å². The van der Waals surface area contributed by atoms with Gasteiger partial charge >= 0.3 is 0 Å². The number of benzene rings is 1. The standard InChI is InChI=1S/C31H32FN5/c1-7-12-23(24-13-10-11-14-26(24)32)25-18-29(33-20(25)4)31-30-28(35-36-31)16-15-27(34-30)22(9-3)17-21(8-2)19-37(5)6/h7-18,33H,1-2,19H2,3-6H3,(H,35,36)/b21-17+,22-9+,23-12-. The van der Waals surface area contributed by atoms with Crippen LogP contribution >= 0.6 is 0 Å². The summed E-state index contributed by atoms with van der Waals surface area (Å²) in [5.41, 5.74) is 9.09. The molecular formula is C31H32FN5. The van der Waals surface area contributed by atoms with E-state index in [4.69, 9.17) is 4.98 Å². The van der Waals surface area contributed by atoms with Crippen LogP contribution in [0.15, 0.2) is 91.6 Å². The van der Waals surface area contributed by atoms with E-state index in [1.54, 1.807) is 18.2 Å². The molecule has 0 aliphatic heterocycles. The van der Waals surface area contributed by atoms with E-state index in [1.165, 1.54) is 6.07 Å². The van der Waals surface area contributed by atoms with E-state index in [0.29, 0.717) is 11.3 Å². The number of aromatic nitrogens is 4. The van der Waals surface area contributed by atoms with Gasteiger partial charge in [-0.05, 0) is 75.0 Å². The average Bonchev–Trinajstić information content (AvgIpc) is 3.48. The number of hydrogen-bond donors (Lipinski definition) is 2. The van der Waals surface area contributed by atoms with Crippen LogP contribution in [0.1, 0.15) is 29.4 Å². The van der Waals surface area contributed by atoms with E-state index >= 15 is 0 Å². The molecule has 0 bridgehead atoms. The van der Waals surface area contributed by atoms with Crippen LogP contribution in [-0.2, 0) is 0 Å². The molecular weight excluding hydrogens is 461 g/mol. The Balaban J connectivity index is 1.79. The van der Waals surface area contributed by atoms with Crippen molar-refractivity contribution in [1.82, 2.24) is 25.1 Å². The van der Waals surface area contributed by atoms with Crippen molar-refractivity contribution in [2.24, 2.45) is 0 Å². The molecule has 0 spiro atoms. The van der Waals surface area contributed by atoms with Crippen molar-refractivity contribution in [3.8, 4) is 11.4 Å². The van der Waals surface area contributed by atoms with Gasteiger partial charge in [-0.25, -0.2) is 9.37 Å². The quantitative estimate of drug-likeness (QED) is 0.245. The molecule has 0 amide bonds. The third-order valence-electron chi connectivity index (χ3n) is 6.13. The average molecular weight is 494 g/mol. The van der Waals surface area contributed by atoms with Gasteiger partial charge in [0.1, 0.15) is 17.0 Å². The molecule has 2 N–H and O–H groups in total. The summed E-state index contributed by atoms with van der Waals surface area (Å²) in [6, 6.07) is 12.7. The highest BCUT2D eigenvalue weighted by atomic mass is 19.1. The Labute approximate surface area is 217 Å². The van der Waals surface area contributed by atoms with Gasteiger partial charge in [0.2, 0.25) is 0 Å². The van der Waals surface area contributed by atoms with E-state index in [-0.39, 0.29) is 5.82 Å². The predicted octanol–water partition coefficient (Wildman–Crippen LogP) is 7.10. The van der Waals surface area contributed by atoms with Gasteiger partial charge in [0, 0.05) is 23.4 Å². The summed E-state index contributed by atoms with van der Waals surface area (Å²) < 4.78 is 14.7. The van der Waals surface area contributed by atoms with Crippen LogP contribution in [0, 0.1) is 12.7 Å². The number of allylic oxidation sites excluding steroid dienone is 5. The molecule has 0 unspecified atom stereocenters. The summed E-state index contributed by atoms with van der Waals surface area (Å²) in [7, 11) is 4.06. The number of fused-ring (bicyclic) bond motifs is 1. The van der Waals surface area contributed by atoms with Gasteiger partial charge in [-0.3, -0.25) is 5.10 Å². The monoisotopic (exact) mass is 493 g/mol. The van der Waals surface area contributed by atoms with Crippen LogP contribution in [0.4, 0.5) is 4.39 Å². The van der Waals surface area contributed by atoms with E-state index < -0.39 is 0 Å². The molecule has 4 rings (SSSR count). The topological polar surface area (TPSA) is 60.6 Å². The van der Waals surface area contributed by atoms with E-state index in [0.717, 1.165) is 56.9 Å². The normalized spacial score (nSPS) is 13.0. The summed E-state index contributed by atoms with van der Waals surface area (Å²) >= 11 is 0. The molecule has 0 saturated heterocycles. The van der Waals surface area contributed by atoms with Gasteiger partial charge < -0.3 is 9.88 Å². The van der Waals surface area contributed by atoms with E-state index in [1.807, 2.05) is 70.4 Å². The Morgan fingerprint density at radius 3 is 2.57 bits per heavy atom. The van der Waals surface area contributed by atoms with Crippen molar-refractivity contribution >= 4 is 22.2 Å². The number of pyridine rings is 1. The SMILES string of the molecule is C=C/C=C(/c1ccccc1F)c1cc(-c2n[nH]c3ccc(C(/C=C(\C=C)CN(C)C)=C/C)nc23)[nH]c1C. The Kier molecular flexibility index (Phi) is 7.80. The van der Waals surface area contributed by atoms with E-state index in [9.17, 15) is 4.39 Å². The first-order chi connectivity index (χ1) is 17.9. The number of nitrogens with one attached hydrogen (secondary N) is 2. The fourth-order valence-corrected chi connectivity index (χ4v) is 4.37. The van der Waals surface area contributed by atoms with Crippen LogP contribution in [0.3, 0.4) is 0 Å². The van der Waals surface area contributed by atoms with Crippen molar-refractivity contribution in [3.63, 3.8) is 0 Å². The highest BCUT2D eigenvalue weighted by Gasteiger charge is 2.18. The van der Waals surface area contributed by atoms with Crippen LogP contribution in [0.5, 0.6) is 0 Å². The molecule has 4 aromatic rings. The first-order valence-corrected chi connectivity index (χ1v) is 12.1. The van der Waals surface area contributed by atoms with Gasteiger partial charge in [-0.15, -0.1) is 0 Å². The lowest BCUT2D eigenvalue weighted by Gasteiger charge is -2.11. The molecule has 3 heterocycles. The lowest BCUT2D eigenvalue weighted by Crippen LogP contribution is -2.14. The van der Waals surface area contributed by atoms with Crippen LogP contribution in [0.25, 0.3) is 33.6 Å². The van der Waals surface area contributed by atoms with Crippen LogP contribution in [0.2, 0.25) is 0 Å². The fraction of sp³-hybridized carbons (Fsp3) is 0.161. The number of rotatable bonds is 9. The Bertz CT molecular complexity index is 1540. The molecule has 37 heavy (non-hydrogen) atoms. The zero-order valence-corrected chi connectivity index (χ0v) is 21.8. The van der Waals surface area contributed by atoms with Crippen molar-refractivity contribution in [2.75, 3.05) is 20.6 Å². The Morgan fingerprint density at radius 2 is 1.89 bits per heavy atom. The second-order valence-electron chi connectivity index (χ2n) is 9.09. The van der Waals surface area contributed by atoms with Crippen molar-refractivity contribution in [1.29, 1.82) is 0 Å². The third kappa shape index (κ3) is 5.44. The highest BCUT2D eigenvalue weighted by molar-refractivity contribution is 5.92. The van der Waals surface area contributed by atoms with Gasteiger partial charge in [-0.2, -0.15) is 5.10 Å². The molecule has 0 fully saturated rings. The van der Waals surface area contributed by atoms with Crippen LogP contribution in [-0.4, -0.2) is 45.7 Å². The minimum absolute atomic E-state index is 0.283. The first-order valence-electron chi connectivity index (χ1n) is 12.1. The molecule has 0 aliphatic rings. The van der Waals surface area contributed by atoms with Crippen molar-refractivity contribution in [3.05, 3.63) is 120 Å². The zero-order valence-electron chi connectivity index (χ0n) is 21.8. The maximum Gasteiger partial charge on any atom is 0.135 e. The lowest BCUT2D eigenvalue weighted by molar-refractivity contribution is 0.449. The second-order valence-corrected chi connectivity index (χ2v) is 9.09. The summed E-state index contributed by atoms with van der Waals surface area (Å²) in [5.74, 6) is -0.283. The van der Waals surface area contributed by atoms with E-state index in [2.05, 4.69) is 39.3 Å². The van der Waals surface area contributed by atoms with Gasteiger partial charge in [0.25, 0.3) is 0 Å². The molecule has 188 valence electrons. The number of halogens is 1. The lowest BCUT2D eigenvalue weighted by atomic mass is 9.97. The number of nitrogens with zero attached hydrogens (tertiary/aromatic N) is 3. The number of aryl methyl sites for hydroxylation is 1. The molecule has 0 atom stereocenters. The van der Waals surface area contributed by atoms with Gasteiger partial charge in [-0.1, -0.05) is 55.7 Å². The Hall–Kier alpha value is -4.29. The van der Waals surface area contributed by atoms with Crippen LogP contribution < -0.4 is 0 Å². The molecule has 0 radical (unpaired) electrons. The largest absolute Gasteiger partial charge is 0.357 e. The maximum absolute atomic E-state index is 14.7. The fourth-order valence-electron chi connectivity index (χ4n) is 4.37. The number of likely N-dealkylation sites (N-methyl/N-ethyl adjacent to an activating group) is 1. The third-order valence-corrected chi connectivity index (χ3v) is 6.13. The number of hydrogen-bond acceptors (Lipinski definition) is 3. The molecule has 6 heteroatoms. The summed E-state index contributed by atoms with van der Waals surface area (Å²) in [4.78, 5) is 10.5. The van der Waals surface area contributed by atoms with Crippen molar-refractivity contribution < 1.29 is 4.39 Å². The summed E-state index contributed by atoms with van der Waals surface area (Å²) in [6.07, 6.45) is 9.53. The molecule has 0 aliphatic carbocycles. The Morgan fingerprint density at radius 1 is 1.11 bits per heavy atom. The minimum atomic E-state index is -0.283. The number of aromatic amines is 2. The van der Waals surface area contributed by atoms with Crippen molar-refractivity contribution in [2.45, 2.75) is 13.8 Å². The molecule has 5 nitrogen and oxygen atoms in total. The number of H-pyrrole nitrogens is 2. The second kappa shape index (κ2) is 11.2. The molecule has 0 saturated carbocycles. The smallest absolute Gasteiger partial charge is 0.135 e. The summed E-state index contributed by atoms with van der Waals surface area (Å²) in [5, 5.41) is 7.66. The predicted molar refractivity (Wildman–Crippen MR) is 153 cm³/mol. The van der Waals surface area contributed by atoms with Gasteiger partial charge in [0.15, 0.2) is 0 Å². The first kappa shape index (κ1) is 25.8. The highest BCUT2D eigenvalue weighted by Crippen LogP contribution is 2.33. The maximum atomic E-state index is 14.7. The zero-order chi connectivity index (χ0) is 26.5. The molecule has 1 aromatic carbocycles. The summed E-state index contributed by atoms with van der Waals surface area (Å²) in [6.45, 7) is 12.5. The molecule has 3 aromatic heterocycles.